The molecule has 20 heavy (non-hydrogen) atoms. The molecule has 1 aromatic rings. The van der Waals surface area contributed by atoms with E-state index in [2.05, 4.69) is 9.55 Å². The van der Waals surface area contributed by atoms with Crippen LogP contribution in [0.5, 0.6) is 0 Å². The van der Waals surface area contributed by atoms with Crippen LogP contribution in [0.4, 0.5) is 5.69 Å². The topological polar surface area (TPSA) is 61.0 Å². The van der Waals surface area contributed by atoms with Gasteiger partial charge < -0.3 is 4.57 Å². The Kier molecular flexibility index (Phi) is 3.83. The van der Waals surface area contributed by atoms with E-state index >= 15 is 0 Å². The molecule has 0 atom stereocenters. The van der Waals surface area contributed by atoms with Crippen molar-refractivity contribution in [3.8, 4) is 0 Å². The molecule has 0 aromatic carbocycles. The molecule has 0 N–H and O–H groups in total. The molecule has 2 heterocycles. The Balaban J connectivity index is 2.18. The first-order valence-electron chi connectivity index (χ1n) is 7.46. The van der Waals surface area contributed by atoms with Crippen molar-refractivity contribution < 1.29 is 4.92 Å². The maximum atomic E-state index is 11.3. The smallest absolute Gasteiger partial charge is 0.325 e. The van der Waals surface area contributed by atoms with Gasteiger partial charge in [-0.1, -0.05) is 31.5 Å². The molecule has 6 heteroatoms. The van der Waals surface area contributed by atoms with Crippen LogP contribution >= 0.6 is 12.2 Å². The molecule has 1 fully saturated rings. The Morgan fingerprint density at radius 2 is 1.95 bits per heavy atom. The maximum absolute atomic E-state index is 11.3. The average molecular weight is 293 g/mol. The second-order valence-electron chi connectivity index (χ2n) is 5.77. The number of nitrogens with zero attached hydrogens (tertiary/aromatic N) is 3. The van der Waals surface area contributed by atoms with E-state index in [0.29, 0.717) is 5.92 Å². The molecular formula is C14H19N3O2S. The summed E-state index contributed by atoms with van der Waals surface area (Å²) in [7, 11) is 0. The summed E-state index contributed by atoms with van der Waals surface area (Å²) in [5.74, 6) is 1.45. The number of nitro groups is 1. The molecule has 0 radical (unpaired) electrons. The molecule has 0 amide bonds. The quantitative estimate of drug-likeness (QED) is 0.471. The first-order chi connectivity index (χ1) is 9.68. The van der Waals surface area contributed by atoms with Crippen LogP contribution in [-0.2, 0) is 13.0 Å². The largest absolute Gasteiger partial charge is 0.327 e. The second-order valence-corrected chi connectivity index (χ2v) is 6.16. The lowest BCUT2D eigenvalue weighted by Gasteiger charge is -2.19. The lowest BCUT2D eigenvalue weighted by Crippen LogP contribution is -2.17. The Labute approximate surface area is 123 Å². The average Bonchev–Trinajstić information content (AvgIpc) is 2.83. The summed E-state index contributed by atoms with van der Waals surface area (Å²) in [6.45, 7) is 0.852. The van der Waals surface area contributed by atoms with Gasteiger partial charge >= 0.3 is 5.69 Å². The van der Waals surface area contributed by atoms with Crippen molar-refractivity contribution in [1.82, 2.24) is 9.55 Å². The summed E-state index contributed by atoms with van der Waals surface area (Å²) < 4.78 is 2.31. The lowest BCUT2D eigenvalue weighted by atomic mass is 10.1. The SMILES string of the molecule is O=[N+]([O-])c1c2n(c(C3CCCC3)nc1=S)CCCCC2. The van der Waals surface area contributed by atoms with Gasteiger partial charge in [-0.25, -0.2) is 4.98 Å². The van der Waals surface area contributed by atoms with Crippen LogP contribution in [0, 0.1) is 14.8 Å². The van der Waals surface area contributed by atoms with E-state index in [0.717, 1.165) is 56.6 Å². The van der Waals surface area contributed by atoms with Gasteiger partial charge in [-0.15, -0.1) is 0 Å². The third-order valence-corrected chi connectivity index (χ3v) is 4.78. The van der Waals surface area contributed by atoms with Crippen LogP contribution in [0.3, 0.4) is 0 Å². The van der Waals surface area contributed by atoms with Gasteiger partial charge in [0.1, 0.15) is 11.5 Å². The molecule has 108 valence electrons. The van der Waals surface area contributed by atoms with E-state index in [1.54, 1.807) is 0 Å². The van der Waals surface area contributed by atoms with Crippen molar-refractivity contribution in [2.24, 2.45) is 0 Å². The Hall–Kier alpha value is -1.30. The molecule has 2 aliphatic rings. The van der Waals surface area contributed by atoms with E-state index < -0.39 is 0 Å². The maximum Gasteiger partial charge on any atom is 0.325 e. The minimum absolute atomic E-state index is 0.0728. The lowest BCUT2D eigenvalue weighted by molar-refractivity contribution is -0.387. The molecule has 1 aliphatic carbocycles. The van der Waals surface area contributed by atoms with Crippen LogP contribution in [0.15, 0.2) is 0 Å². The van der Waals surface area contributed by atoms with E-state index in [9.17, 15) is 10.1 Å². The van der Waals surface area contributed by atoms with Gasteiger partial charge in [0.2, 0.25) is 4.64 Å². The zero-order chi connectivity index (χ0) is 14.1. The van der Waals surface area contributed by atoms with Crippen LogP contribution < -0.4 is 0 Å². The van der Waals surface area contributed by atoms with Gasteiger partial charge in [0.05, 0.1) is 4.92 Å². The number of rotatable bonds is 2. The number of hydrogen-bond donors (Lipinski definition) is 0. The minimum atomic E-state index is -0.342. The molecule has 0 unspecified atom stereocenters. The normalized spacial score (nSPS) is 19.6. The highest BCUT2D eigenvalue weighted by molar-refractivity contribution is 7.71. The highest BCUT2D eigenvalue weighted by atomic mass is 32.1. The van der Waals surface area contributed by atoms with Gasteiger partial charge in [0.15, 0.2) is 0 Å². The molecule has 0 spiro atoms. The van der Waals surface area contributed by atoms with Gasteiger partial charge in [-0.05, 0) is 32.1 Å². The number of aromatic nitrogens is 2. The Morgan fingerprint density at radius 1 is 1.20 bits per heavy atom. The minimum Gasteiger partial charge on any atom is -0.327 e. The first-order valence-corrected chi connectivity index (χ1v) is 7.87. The van der Waals surface area contributed by atoms with Crippen molar-refractivity contribution >= 4 is 17.9 Å². The third kappa shape index (κ3) is 2.37. The Morgan fingerprint density at radius 3 is 2.65 bits per heavy atom. The summed E-state index contributed by atoms with van der Waals surface area (Å²) in [4.78, 5) is 15.4. The standard InChI is InChI=1S/C14H19N3O2S/c18-17(19)12-11-8-2-1-5-9-16(11)13(15-14(12)20)10-6-3-4-7-10/h10H,1-9H2. The first kappa shape index (κ1) is 13.7. The van der Waals surface area contributed by atoms with Crippen LogP contribution in [-0.4, -0.2) is 14.5 Å². The number of hydrogen-bond acceptors (Lipinski definition) is 4. The van der Waals surface area contributed by atoms with E-state index in [4.69, 9.17) is 12.2 Å². The zero-order valence-electron chi connectivity index (χ0n) is 11.5. The molecule has 5 nitrogen and oxygen atoms in total. The molecule has 1 aliphatic heterocycles. The highest BCUT2D eigenvalue weighted by Gasteiger charge is 2.29. The zero-order valence-corrected chi connectivity index (χ0v) is 12.3. The second kappa shape index (κ2) is 5.60. The van der Waals surface area contributed by atoms with Crippen molar-refractivity contribution in [3.63, 3.8) is 0 Å². The molecule has 0 saturated heterocycles. The van der Waals surface area contributed by atoms with Crippen LogP contribution in [0.2, 0.25) is 0 Å². The molecule has 1 saturated carbocycles. The monoisotopic (exact) mass is 293 g/mol. The van der Waals surface area contributed by atoms with Gasteiger partial charge in [0.25, 0.3) is 0 Å². The van der Waals surface area contributed by atoms with Gasteiger partial charge in [-0.2, -0.15) is 0 Å². The summed E-state index contributed by atoms with van der Waals surface area (Å²) >= 11 is 5.21. The van der Waals surface area contributed by atoms with Crippen molar-refractivity contribution in [3.05, 3.63) is 26.3 Å². The van der Waals surface area contributed by atoms with Crippen molar-refractivity contribution in [2.75, 3.05) is 0 Å². The van der Waals surface area contributed by atoms with Gasteiger partial charge in [0, 0.05) is 12.5 Å². The summed E-state index contributed by atoms with van der Waals surface area (Å²) in [5.41, 5.74) is 0.887. The highest BCUT2D eigenvalue weighted by Crippen LogP contribution is 2.36. The van der Waals surface area contributed by atoms with Crippen molar-refractivity contribution in [2.45, 2.75) is 63.8 Å². The molecular weight excluding hydrogens is 274 g/mol. The van der Waals surface area contributed by atoms with Crippen LogP contribution in [0.25, 0.3) is 0 Å². The summed E-state index contributed by atoms with van der Waals surface area (Å²) in [5, 5.41) is 11.3. The third-order valence-electron chi connectivity index (χ3n) is 4.49. The van der Waals surface area contributed by atoms with Gasteiger partial charge in [-0.3, -0.25) is 10.1 Å². The fourth-order valence-electron chi connectivity index (χ4n) is 3.53. The Bertz CT molecular complexity index is 591. The predicted molar refractivity (Wildman–Crippen MR) is 78.5 cm³/mol. The van der Waals surface area contributed by atoms with E-state index in [-0.39, 0.29) is 15.3 Å². The molecule has 1 aromatic heterocycles. The van der Waals surface area contributed by atoms with E-state index in [1.807, 2.05) is 0 Å². The predicted octanol–water partition coefficient (Wildman–Crippen LogP) is 3.90. The van der Waals surface area contributed by atoms with Crippen molar-refractivity contribution in [1.29, 1.82) is 0 Å². The molecule has 3 rings (SSSR count). The summed E-state index contributed by atoms with van der Waals surface area (Å²) in [6, 6.07) is 0. The van der Waals surface area contributed by atoms with E-state index in [1.165, 1.54) is 12.8 Å². The molecule has 0 bridgehead atoms. The number of fused-ring (bicyclic) bond motifs is 1. The fourth-order valence-corrected chi connectivity index (χ4v) is 3.81. The fraction of sp³-hybridized carbons (Fsp3) is 0.714. The summed E-state index contributed by atoms with van der Waals surface area (Å²) in [6.07, 6.45) is 8.68. The van der Waals surface area contributed by atoms with Crippen LogP contribution in [0.1, 0.15) is 62.4 Å².